The second-order valence-corrected chi connectivity index (χ2v) is 5.42. The molecule has 22 heavy (non-hydrogen) atoms. The van der Waals surface area contributed by atoms with E-state index in [2.05, 4.69) is 5.16 Å². The summed E-state index contributed by atoms with van der Waals surface area (Å²) in [4.78, 5) is 11.5. The van der Waals surface area contributed by atoms with Crippen molar-refractivity contribution in [1.82, 2.24) is 5.16 Å². The van der Waals surface area contributed by atoms with E-state index in [1.807, 2.05) is 0 Å². The van der Waals surface area contributed by atoms with Crippen molar-refractivity contribution in [2.24, 2.45) is 0 Å². The first-order chi connectivity index (χ1) is 10.3. The van der Waals surface area contributed by atoms with Crippen molar-refractivity contribution >= 4 is 17.6 Å². The van der Waals surface area contributed by atoms with Gasteiger partial charge < -0.3 is 9.63 Å². The van der Waals surface area contributed by atoms with Crippen molar-refractivity contribution < 1.29 is 27.6 Å². The zero-order valence-corrected chi connectivity index (χ0v) is 11.7. The summed E-state index contributed by atoms with van der Waals surface area (Å²) in [6.07, 6.45) is -3.23. The molecule has 1 heterocycles. The lowest BCUT2D eigenvalue weighted by Gasteiger charge is -2.12. The zero-order valence-electron chi connectivity index (χ0n) is 10.9. The van der Waals surface area contributed by atoms with Gasteiger partial charge in [-0.3, -0.25) is 0 Å². The molecule has 1 saturated carbocycles. The molecule has 116 valence electrons. The Labute approximate surface area is 127 Å². The number of aromatic carboxylic acids is 1. The molecule has 0 spiro atoms. The molecular weight excluding hydrogens is 323 g/mol. The third-order valence-electron chi connectivity index (χ3n) is 3.44. The standard InChI is InChI=1S/C14H9ClF3NO3/c15-8-3-1-2-7(14(16,17)18)9(8)11-10(13(20)21)12(22-19-11)6-4-5-6/h1-3,6H,4-5H2,(H,20,21). The topological polar surface area (TPSA) is 63.3 Å². The van der Waals surface area contributed by atoms with Gasteiger partial charge >= 0.3 is 12.1 Å². The Morgan fingerprint density at radius 3 is 2.59 bits per heavy atom. The normalized spacial score (nSPS) is 15.1. The Morgan fingerprint density at radius 1 is 1.36 bits per heavy atom. The number of carboxylic acids is 1. The molecule has 0 atom stereocenters. The quantitative estimate of drug-likeness (QED) is 0.893. The minimum Gasteiger partial charge on any atom is -0.477 e. The van der Waals surface area contributed by atoms with Crippen molar-refractivity contribution in [2.45, 2.75) is 24.9 Å². The van der Waals surface area contributed by atoms with E-state index >= 15 is 0 Å². The molecule has 0 saturated heterocycles. The highest BCUT2D eigenvalue weighted by atomic mass is 35.5. The Bertz CT molecular complexity index is 750. The van der Waals surface area contributed by atoms with E-state index in [0.29, 0.717) is 0 Å². The summed E-state index contributed by atoms with van der Waals surface area (Å²) in [6, 6.07) is 3.23. The maximum Gasteiger partial charge on any atom is 0.417 e. The molecule has 2 aromatic rings. The molecule has 0 amide bonds. The van der Waals surface area contributed by atoms with Gasteiger partial charge in [0, 0.05) is 11.5 Å². The minimum absolute atomic E-state index is 0.107. The number of nitrogens with zero attached hydrogens (tertiary/aromatic N) is 1. The number of hydrogen-bond donors (Lipinski definition) is 1. The van der Waals surface area contributed by atoms with Crippen LogP contribution in [0.2, 0.25) is 5.02 Å². The van der Waals surface area contributed by atoms with Crippen LogP contribution < -0.4 is 0 Å². The number of carbonyl (C=O) groups is 1. The van der Waals surface area contributed by atoms with Gasteiger partial charge in [-0.15, -0.1) is 0 Å². The lowest BCUT2D eigenvalue weighted by atomic mass is 9.99. The van der Waals surface area contributed by atoms with Gasteiger partial charge in [0.25, 0.3) is 0 Å². The van der Waals surface area contributed by atoms with Crippen LogP contribution in [-0.2, 0) is 6.18 Å². The van der Waals surface area contributed by atoms with Gasteiger partial charge in [0.2, 0.25) is 0 Å². The number of benzene rings is 1. The monoisotopic (exact) mass is 331 g/mol. The fourth-order valence-corrected chi connectivity index (χ4v) is 2.57. The number of rotatable bonds is 3. The molecule has 1 aliphatic rings. The Hall–Kier alpha value is -2.02. The average molecular weight is 332 g/mol. The molecule has 0 bridgehead atoms. The van der Waals surface area contributed by atoms with Crippen LogP contribution in [0.5, 0.6) is 0 Å². The van der Waals surface area contributed by atoms with Crippen LogP contribution in [0.25, 0.3) is 11.3 Å². The second-order valence-electron chi connectivity index (χ2n) is 5.01. The van der Waals surface area contributed by atoms with Gasteiger partial charge in [-0.1, -0.05) is 22.8 Å². The fourth-order valence-electron chi connectivity index (χ4n) is 2.31. The van der Waals surface area contributed by atoms with Crippen molar-refractivity contribution in [3.8, 4) is 11.3 Å². The molecular formula is C14H9ClF3NO3. The van der Waals surface area contributed by atoms with E-state index in [1.54, 1.807) is 0 Å². The number of hydrogen-bond acceptors (Lipinski definition) is 3. The van der Waals surface area contributed by atoms with Gasteiger partial charge in [0.15, 0.2) is 5.76 Å². The summed E-state index contributed by atoms with van der Waals surface area (Å²) >= 11 is 5.88. The van der Waals surface area contributed by atoms with E-state index in [0.717, 1.165) is 25.0 Å². The van der Waals surface area contributed by atoms with Crippen LogP contribution >= 0.6 is 11.6 Å². The fraction of sp³-hybridized carbons (Fsp3) is 0.286. The first-order valence-electron chi connectivity index (χ1n) is 6.39. The molecule has 0 radical (unpaired) electrons. The van der Waals surface area contributed by atoms with Gasteiger partial charge in [-0.2, -0.15) is 13.2 Å². The summed E-state index contributed by atoms with van der Waals surface area (Å²) in [5.74, 6) is -1.38. The lowest BCUT2D eigenvalue weighted by molar-refractivity contribution is -0.137. The summed E-state index contributed by atoms with van der Waals surface area (Å²) in [7, 11) is 0. The van der Waals surface area contributed by atoms with Crippen molar-refractivity contribution in [3.05, 3.63) is 40.1 Å². The minimum atomic E-state index is -4.69. The molecule has 8 heteroatoms. The van der Waals surface area contributed by atoms with Crippen molar-refractivity contribution in [1.29, 1.82) is 0 Å². The Balaban J connectivity index is 2.27. The van der Waals surface area contributed by atoms with E-state index in [1.165, 1.54) is 6.07 Å². The van der Waals surface area contributed by atoms with E-state index < -0.39 is 23.3 Å². The largest absolute Gasteiger partial charge is 0.477 e. The first-order valence-corrected chi connectivity index (χ1v) is 6.77. The van der Waals surface area contributed by atoms with Crippen LogP contribution in [0, 0.1) is 0 Å². The highest BCUT2D eigenvalue weighted by Crippen LogP contribution is 2.47. The zero-order chi connectivity index (χ0) is 16.1. The highest BCUT2D eigenvalue weighted by molar-refractivity contribution is 6.33. The lowest BCUT2D eigenvalue weighted by Crippen LogP contribution is -2.09. The van der Waals surface area contributed by atoms with Crippen LogP contribution in [0.15, 0.2) is 22.7 Å². The maximum atomic E-state index is 13.2. The first kappa shape index (κ1) is 14.9. The molecule has 0 unspecified atom stereocenters. The summed E-state index contributed by atoms with van der Waals surface area (Å²) in [6.45, 7) is 0. The van der Waals surface area contributed by atoms with Crippen molar-refractivity contribution in [2.75, 3.05) is 0 Å². The smallest absolute Gasteiger partial charge is 0.417 e. The van der Waals surface area contributed by atoms with Gasteiger partial charge in [-0.05, 0) is 25.0 Å². The molecule has 3 rings (SSSR count). The van der Waals surface area contributed by atoms with Gasteiger partial charge in [0.1, 0.15) is 11.3 Å². The SMILES string of the molecule is O=C(O)c1c(-c2c(Cl)cccc2C(F)(F)F)noc1C1CC1. The van der Waals surface area contributed by atoms with Gasteiger partial charge in [0.05, 0.1) is 10.6 Å². The molecule has 1 aliphatic carbocycles. The van der Waals surface area contributed by atoms with Crippen LogP contribution in [0.1, 0.15) is 40.4 Å². The maximum absolute atomic E-state index is 13.2. The predicted molar refractivity (Wildman–Crippen MR) is 70.9 cm³/mol. The number of halogens is 4. The number of alkyl halides is 3. The number of carboxylic acid groups (broad SMARTS) is 1. The molecule has 1 fully saturated rings. The Morgan fingerprint density at radius 2 is 2.05 bits per heavy atom. The summed E-state index contributed by atoms with van der Waals surface area (Å²) < 4.78 is 44.5. The van der Waals surface area contributed by atoms with E-state index in [9.17, 15) is 23.1 Å². The average Bonchev–Trinajstić information content (AvgIpc) is 3.16. The van der Waals surface area contributed by atoms with Gasteiger partial charge in [-0.25, -0.2) is 4.79 Å². The van der Waals surface area contributed by atoms with Crippen LogP contribution in [-0.4, -0.2) is 16.2 Å². The molecule has 1 aromatic heterocycles. The third kappa shape index (κ3) is 2.45. The van der Waals surface area contributed by atoms with Crippen molar-refractivity contribution in [3.63, 3.8) is 0 Å². The third-order valence-corrected chi connectivity index (χ3v) is 3.75. The number of aromatic nitrogens is 1. The molecule has 1 N–H and O–H groups in total. The van der Waals surface area contributed by atoms with Crippen LogP contribution in [0.4, 0.5) is 13.2 Å². The molecule has 0 aliphatic heterocycles. The molecule has 4 nitrogen and oxygen atoms in total. The second kappa shape index (κ2) is 5.01. The summed E-state index contributed by atoms with van der Waals surface area (Å²) in [5, 5.41) is 12.7. The highest BCUT2D eigenvalue weighted by Gasteiger charge is 2.40. The Kier molecular flexibility index (Phi) is 3.40. The predicted octanol–water partition coefficient (Wildman–Crippen LogP) is 4.59. The van der Waals surface area contributed by atoms with E-state index in [-0.39, 0.29) is 28.0 Å². The van der Waals surface area contributed by atoms with E-state index in [4.69, 9.17) is 16.1 Å². The molecule has 1 aromatic carbocycles. The van der Waals surface area contributed by atoms with Crippen LogP contribution in [0.3, 0.4) is 0 Å². The summed E-state index contributed by atoms with van der Waals surface area (Å²) in [5.41, 5.74) is -2.24.